The lowest BCUT2D eigenvalue weighted by Gasteiger charge is -2.30. The fourth-order valence-corrected chi connectivity index (χ4v) is 6.41. The third-order valence-electron chi connectivity index (χ3n) is 8.13. The van der Waals surface area contributed by atoms with Crippen molar-refractivity contribution in [1.29, 1.82) is 0 Å². The average Bonchev–Trinajstić information content (AvgIpc) is 3.68. The van der Waals surface area contributed by atoms with Crippen LogP contribution < -0.4 is 21.3 Å². The number of fused-ring (bicyclic) bond motifs is 2. The number of carbonyl (C=O) groups is 2. The molecule has 8 nitrogen and oxygen atoms in total. The Morgan fingerprint density at radius 1 is 0.703 bits per heavy atom. The summed E-state index contributed by atoms with van der Waals surface area (Å²) in [6, 6.07) is 14.8. The van der Waals surface area contributed by atoms with Crippen LogP contribution in [0.4, 0.5) is 0 Å². The number of halogens is 2. The van der Waals surface area contributed by atoms with Gasteiger partial charge in [-0.25, -0.2) is 0 Å². The molecule has 6 rings (SSSR count). The Morgan fingerprint density at radius 2 is 1.08 bits per heavy atom. The number of ether oxygens (including phenoxy) is 2. The van der Waals surface area contributed by atoms with Crippen molar-refractivity contribution >= 4 is 35.0 Å². The zero-order valence-corrected chi connectivity index (χ0v) is 21.8. The summed E-state index contributed by atoms with van der Waals surface area (Å²) >= 11 is 12.0. The predicted octanol–water partition coefficient (Wildman–Crippen LogP) is 3.36. The molecule has 2 amide bonds. The van der Waals surface area contributed by atoms with E-state index in [0.717, 1.165) is 43.2 Å². The summed E-state index contributed by atoms with van der Waals surface area (Å²) in [6.07, 6.45) is 2.23. The third-order valence-corrected chi connectivity index (χ3v) is 8.63. The summed E-state index contributed by atoms with van der Waals surface area (Å²) in [5, 5.41) is 14.4. The van der Waals surface area contributed by atoms with Gasteiger partial charge in [0.25, 0.3) is 11.8 Å². The SMILES string of the molecule is O=C(NC12CCC(NC(=O)C3CNC(c4ccc(Cl)cc4)O3)(CC1)C2)C1CNC(c2ccc(Cl)cc2)O1. The second-order valence-electron chi connectivity index (χ2n) is 10.6. The monoisotopic (exact) mass is 544 g/mol. The van der Waals surface area contributed by atoms with Crippen LogP contribution in [0.5, 0.6) is 0 Å². The van der Waals surface area contributed by atoms with Crippen LogP contribution in [-0.4, -0.2) is 48.2 Å². The van der Waals surface area contributed by atoms with E-state index in [4.69, 9.17) is 32.7 Å². The highest BCUT2D eigenvalue weighted by molar-refractivity contribution is 6.30. The summed E-state index contributed by atoms with van der Waals surface area (Å²) in [5.74, 6) is -0.218. The molecule has 2 saturated heterocycles. The summed E-state index contributed by atoms with van der Waals surface area (Å²) in [4.78, 5) is 26.2. The molecule has 2 aromatic carbocycles. The van der Waals surface area contributed by atoms with Gasteiger partial charge >= 0.3 is 0 Å². The lowest BCUT2D eigenvalue weighted by Crippen LogP contribution is -2.51. The highest BCUT2D eigenvalue weighted by Crippen LogP contribution is 2.50. The van der Waals surface area contributed by atoms with Crippen molar-refractivity contribution in [2.75, 3.05) is 13.1 Å². The molecule has 4 N–H and O–H groups in total. The second-order valence-corrected chi connectivity index (χ2v) is 11.5. The van der Waals surface area contributed by atoms with Crippen LogP contribution in [0.1, 0.15) is 55.7 Å². The van der Waals surface area contributed by atoms with Gasteiger partial charge < -0.3 is 20.1 Å². The number of amides is 2. The Kier molecular flexibility index (Phi) is 6.67. The Bertz CT molecular complexity index is 1080. The van der Waals surface area contributed by atoms with Crippen LogP contribution in [0, 0.1) is 0 Å². The molecule has 0 spiro atoms. The standard InChI is InChI=1S/C27H30Cl2N4O4/c28-18-5-1-16(2-6-18)24-30-13-20(36-24)22(34)32-26-9-11-27(15-26,12-10-26)33-23(35)21-14-31-25(37-21)17-3-7-19(29)8-4-17/h1-8,20-21,24-25,30-31H,9-15H2,(H,32,34)(H,33,35). The minimum Gasteiger partial charge on any atom is -0.348 e. The largest absolute Gasteiger partial charge is 0.348 e. The van der Waals surface area contributed by atoms with Gasteiger partial charge in [0.1, 0.15) is 12.5 Å². The van der Waals surface area contributed by atoms with E-state index in [2.05, 4.69) is 21.3 Å². The number of rotatable bonds is 6. The van der Waals surface area contributed by atoms with Crippen LogP contribution in [0.25, 0.3) is 0 Å². The van der Waals surface area contributed by atoms with Gasteiger partial charge in [-0.15, -0.1) is 0 Å². The van der Waals surface area contributed by atoms with Crippen LogP contribution >= 0.6 is 23.2 Å². The van der Waals surface area contributed by atoms with Gasteiger partial charge in [-0.3, -0.25) is 20.2 Å². The third kappa shape index (κ3) is 5.11. The molecule has 2 aliphatic heterocycles. The van der Waals surface area contributed by atoms with E-state index in [9.17, 15) is 9.59 Å². The van der Waals surface area contributed by atoms with Gasteiger partial charge in [-0.05, 0) is 67.5 Å². The van der Waals surface area contributed by atoms with E-state index in [0.29, 0.717) is 23.1 Å². The first-order valence-corrected chi connectivity index (χ1v) is 13.5. The molecule has 4 atom stereocenters. The molecule has 2 saturated carbocycles. The highest BCUT2D eigenvalue weighted by atomic mass is 35.5. The molecule has 2 aliphatic carbocycles. The number of benzene rings is 2. The zero-order chi connectivity index (χ0) is 25.6. The summed E-state index contributed by atoms with van der Waals surface area (Å²) in [5.41, 5.74) is 1.24. The van der Waals surface area contributed by atoms with E-state index >= 15 is 0 Å². The molecular formula is C27H30Cl2N4O4. The fourth-order valence-electron chi connectivity index (χ4n) is 6.16. The average molecular weight is 545 g/mol. The Hall–Kier alpha value is -2.20. The van der Waals surface area contributed by atoms with Crippen LogP contribution in [0.2, 0.25) is 10.0 Å². The predicted molar refractivity (Wildman–Crippen MR) is 139 cm³/mol. The Balaban J connectivity index is 1.02. The van der Waals surface area contributed by atoms with Gasteiger partial charge in [-0.1, -0.05) is 47.5 Å². The minimum absolute atomic E-state index is 0.109. The molecule has 196 valence electrons. The molecule has 2 heterocycles. The Labute approximate surface area is 225 Å². The van der Waals surface area contributed by atoms with Crippen LogP contribution in [0.3, 0.4) is 0 Å². The molecule has 2 bridgehead atoms. The molecule has 4 aliphatic rings. The maximum atomic E-state index is 13.1. The normalized spacial score (nSPS) is 34.5. The molecule has 4 fully saturated rings. The highest BCUT2D eigenvalue weighted by Gasteiger charge is 2.56. The first-order chi connectivity index (χ1) is 17.8. The van der Waals surface area contributed by atoms with Crippen molar-refractivity contribution in [2.45, 2.75) is 67.8 Å². The topological polar surface area (TPSA) is 101 Å². The van der Waals surface area contributed by atoms with Crippen LogP contribution in [-0.2, 0) is 19.1 Å². The summed E-state index contributed by atoms with van der Waals surface area (Å²) < 4.78 is 12.0. The van der Waals surface area contributed by atoms with E-state index in [-0.39, 0.29) is 35.3 Å². The second kappa shape index (κ2) is 9.84. The first kappa shape index (κ1) is 25.1. The minimum atomic E-state index is -0.567. The molecule has 4 unspecified atom stereocenters. The van der Waals surface area contributed by atoms with E-state index in [1.54, 1.807) is 0 Å². The lowest BCUT2D eigenvalue weighted by atomic mass is 9.91. The maximum Gasteiger partial charge on any atom is 0.250 e. The maximum absolute atomic E-state index is 13.1. The molecule has 37 heavy (non-hydrogen) atoms. The van der Waals surface area contributed by atoms with Gasteiger partial charge in [-0.2, -0.15) is 0 Å². The number of carbonyl (C=O) groups excluding carboxylic acids is 2. The van der Waals surface area contributed by atoms with Crippen molar-refractivity contribution in [3.63, 3.8) is 0 Å². The first-order valence-electron chi connectivity index (χ1n) is 12.7. The quantitative estimate of drug-likeness (QED) is 0.445. The molecular weight excluding hydrogens is 515 g/mol. The van der Waals surface area contributed by atoms with E-state index < -0.39 is 12.2 Å². The number of hydrogen-bond acceptors (Lipinski definition) is 6. The van der Waals surface area contributed by atoms with Gasteiger partial charge in [0.05, 0.1) is 0 Å². The molecule has 10 heteroatoms. The molecule has 0 aromatic heterocycles. The van der Waals surface area contributed by atoms with E-state index in [1.807, 2.05) is 48.5 Å². The van der Waals surface area contributed by atoms with Crippen molar-refractivity contribution < 1.29 is 19.1 Å². The number of nitrogens with one attached hydrogen (secondary N) is 4. The van der Waals surface area contributed by atoms with Gasteiger partial charge in [0, 0.05) is 34.2 Å². The lowest BCUT2D eigenvalue weighted by molar-refractivity contribution is -0.134. The fraction of sp³-hybridized carbons (Fsp3) is 0.481. The van der Waals surface area contributed by atoms with Crippen molar-refractivity contribution in [1.82, 2.24) is 21.3 Å². The van der Waals surface area contributed by atoms with Crippen LogP contribution in [0.15, 0.2) is 48.5 Å². The smallest absolute Gasteiger partial charge is 0.250 e. The number of hydrogen-bond donors (Lipinski definition) is 4. The molecule has 0 radical (unpaired) electrons. The molecule has 2 aromatic rings. The summed E-state index contributed by atoms with van der Waals surface area (Å²) in [6.45, 7) is 0.885. The zero-order valence-electron chi connectivity index (χ0n) is 20.3. The summed E-state index contributed by atoms with van der Waals surface area (Å²) in [7, 11) is 0. The van der Waals surface area contributed by atoms with Gasteiger partial charge in [0.2, 0.25) is 0 Å². The van der Waals surface area contributed by atoms with E-state index in [1.165, 1.54) is 0 Å². The Morgan fingerprint density at radius 3 is 1.46 bits per heavy atom. The van der Waals surface area contributed by atoms with Crippen molar-refractivity contribution in [2.24, 2.45) is 0 Å². The van der Waals surface area contributed by atoms with Crippen molar-refractivity contribution in [3.8, 4) is 0 Å². The van der Waals surface area contributed by atoms with Gasteiger partial charge in [0.15, 0.2) is 12.2 Å². The van der Waals surface area contributed by atoms with Crippen molar-refractivity contribution in [3.05, 3.63) is 69.7 Å².